The molecule has 168 valence electrons. The maximum atomic E-state index is 14.7. The lowest BCUT2D eigenvalue weighted by Gasteiger charge is -2.11. The number of rotatable bonds is 7. The van der Waals surface area contributed by atoms with E-state index < -0.39 is 17.5 Å². The molecular weight excluding hydrogens is 425 g/mol. The second kappa shape index (κ2) is 9.82. The van der Waals surface area contributed by atoms with Gasteiger partial charge in [-0.3, -0.25) is 0 Å². The first kappa shape index (κ1) is 22.5. The van der Waals surface area contributed by atoms with Gasteiger partial charge in [-0.25, -0.2) is 13.2 Å². The normalized spacial score (nSPS) is 10.8. The molecule has 0 aromatic heterocycles. The van der Waals surface area contributed by atoms with E-state index in [2.05, 4.69) is 0 Å². The minimum atomic E-state index is -0.922. The van der Waals surface area contributed by atoms with Gasteiger partial charge in [-0.2, -0.15) is 0 Å². The van der Waals surface area contributed by atoms with Gasteiger partial charge in [0, 0.05) is 11.1 Å². The van der Waals surface area contributed by atoms with Crippen molar-refractivity contribution >= 4 is 0 Å². The quantitative estimate of drug-likeness (QED) is 0.288. The Kier molecular flexibility index (Phi) is 6.68. The van der Waals surface area contributed by atoms with Gasteiger partial charge in [-0.15, -0.1) is 0 Å². The molecule has 0 heterocycles. The lowest BCUT2D eigenvalue weighted by atomic mass is 10.0. The zero-order valence-electron chi connectivity index (χ0n) is 18.4. The fraction of sp³-hybridized carbons (Fsp3) is 0.143. The van der Waals surface area contributed by atoms with Crippen molar-refractivity contribution in [2.24, 2.45) is 0 Å². The molecular formula is C28H23F3O2. The maximum absolute atomic E-state index is 14.7. The Balaban J connectivity index is 1.46. The third-order valence-corrected chi connectivity index (χ3v) is 5.34. The SMILES string of the molecule is CCOc1ccc(-c2ccc(OCc3ccc(-c4ccc(C)cc4)c(F)c3F)cc2)cc1F. The van der Waals surface area contributed by atoms with Gasteiger partial charge in [-0.05, 0) is 54.8 Å². The van der Waals surface area contributed by atoms with Crippen LogP contribution in [0.3, 0.4) is 0 Å². The molecule has 4 aromatic rings. The topological polar surface area (TPSA) is 18.5 Å². The Hall–Kier alpha value is -3.73. The molecule has 0 amide bonds. The molecule has 0 saturated carbocycles. The number of benzene rings is 4. The number of hydrogen-bond acceptors (Lipinski definition) is 2. The van der Waals surface area contributed by atoms with Crippen LogP contribution in [0.4, 0.5) is 13.2 Å². The molecule has 0 atom stereocenters. The van der Waals surface area contributed by atoms with Crippen LogP contribution in [-0.2, 0) is 6.61 Å². The smallest absolute Gasteiger partial charge is 0.167 e. The molecule has 4 rings (SSSR count). The largest absolute Gasteiger partial charge is 0.491 e. The summed E-state index contributed by atoms with van der Waals surface area (Å²) in [4.78, 5) is 0. The third kappa shape index (κ3) is 5.03. The Bertz CT molecular complexity index is 1250. The molecule has 0 bridgehead atoms. The van der Waals surface area contributed by atoms with E-state index in [0.717, 1.165) is 11.1 Å². The first-order valence-corrected chi connectivity index (χ1v) is 10.7. The van der Waals surface area contributed by atoms with Crippen molar-refractivity contribution in [1.82, 2.24) is 0 Å². The summed E-state index contributed by atoms with van der Waals surface area (Å²) in [7, 11) is 0. The fourth-order valence-corrected chi connectivity index (χ4v) is 3.51. The molecule has 0 unspecified atom stereocenters. The van der Waals surface area contributed by atoms with Crippen molar-refractivity contribution in [2.75, 3.05) is 6.61 Å². The Morgan fingerprint density at radius 1 is 0.667 bits per heavy atom. The summed E-state index contributed by atoms with van der Waals surface area (Å²) in [6.07, 6.45) is 0. The lowest BCUT2D eigenvalue weighted by molar-refractivity contribution is 0.297. The highest BCUT2D eigenvalue weighted by Gasteiger charge is 2.15. The van der Waals surface area contributed by atoms with E-state index in [1.54, 1.807) is 61.5 Å². The molecule has 0 saturated heterocycles. The van der Waals surface area contributed by atoms with Gasteiger partial charge < -0.3 is 9.47 Å². The fourth-order valence-electron chi connectivity index (χ4n) is 3.51. The van der Waals surface area contributed by atoms with Crippen LogP contribution in [0, 0.1) is 24.4 Å². The molecule has 0 aliphatic rings. The predicted octanol–water partition coefficient (Wildman–Crippen LogP) is 7.72. The summed E-state index contributed by atoms with van der Waals surface area (Å²) >= 11 is 0. The van der Waals surface area contributed by atoms with Crippen LogP contribution in [0.1, 0.15) is 18.1 Å². The van der Waals surface area contributed by atoms with E-state index in [1.807, 2.05) is 19.1 Å². The Labute approximate surface area is 191 Å². The molecule has 0 N–H and O–H groups in total. The van der Waals surface area contributed by atoms with Crippen LogP contribution in [0.25, 0.3) is 22.3 Å². The van der Waals surface area contributed by atoms with Crippen molar-refractivity contribution in [3.63, 3.8) is 0 Å². The van der Waals surface area contributed by atoms with Gasteiger partial charge >= 0.3 is 0 Å². The molecule has 0 spiro atoms. The molecule has 2 nitrogen and oxygen atoms in total. The van der Waals surface area contributed by atoms with Crippen molar-refractivity contribution in [2.45, 2.75) is 20.5 Å². The zero-order chi connectivity index (χ0) is 23.4. The van der Waals surface area contributed by atoms with Crippen LogP contribution < -0.4 is 9.47 Å². The molecule has 5 heteroatoms. The Morgan fingerprint density at radius 2 is 1.33 bits per heavy atom. The standard InChI is InChI=1S/C28H23F3O2/c1-3-32-26-15-11-21(16-25(26)29)19-8-12-23(13-9-19)33-17-22-10-14-24(28(31)27(22)30)20-6-4-18(2)5-7-20/h4-16H,3,17H2,1-2H3. The van der Waals surface area contributed by atoms with Crippen LogP contribution in [-0.4, -0.2) is 6.61 Å². The van der Waals surface area contributed by atoms with E-state index in [1.165, 1.54) is 12.1 Å². The van der Waals surface area contributed by atoms with Gasteiger partial charge in [0.15, 0.2) is 23.2 Å². The predicted molar refractivity (Wildman–Crippen MR) is 124 cm³/mol. The highest BCUT2D eigenvalue weighted by atomic mass is 19.2. The number of hydrogen-bond donors (Lipinski definition) is 0. The van der Waals surface area contributed by atoms with E-state index >= 15 is 0 Å². The minimum Gasteiger partial charge on any atom is -0.491 e. The maximum Gasteiger partial charge on any atom is 0.167 e. The van der Waals surface area contributed by atoms with Crippen LogP contribution in [0.2, 0.25) is 0 Å². The molecule has 0 aliphatic carbocycles. The first-order chi connectivity index (χ1) is 16.0. The summed E-state index contributed by atoms with van der Waals surface area (Å²) in [6.45, 7) is 4.00. The van der Waals surface area contributed by atoms with E-state index in [4.69, 9.17) is 9.47 Å². The van der Waals surface area contributed by atoms with Crippen LogP contribution in [0.15, 0.2) is 78.9 Å². The van der Waals surface area contributed by atoms with Crippen molar-refractivity contribution in [3.05, 3.63) is 107 Å². The van der Waals surface area contributed by atoms with Gasteiger partial charge in [0.1, 0.15) is 12.4 Å². The first-order valence-electron chi connectivity index (χ1n) is 10.7. The van der Waals surface area contributed by atoms with Crippen LogP contribution in [0.5, 0.6) is 11.5 Å². The van der Waals surface area contributed by atoms with Gasteiger partial charge in [0.25, 0.3) is 0 Å². The highest BCUT2D eigenvalue weighted by molar-refractivity contribution is 5.66. The highest BCUT2D eigenvalue weighted by Crippen LogP contribution is 2.29. The Morgan fingerprint density at radius 3 is 2.00 bits per heavy atom. The molecule has 0 fully saturated rings. The van der Waals surface area contributed by atoms with Crippen molar-refractivity contribution < 1.29 is 22.6 Å². The third-order valence-electron chi connectivity index (χ3n) is 5.34. The van der Waals surface area contributed by atoms with E-state index in [0.29, 0.717) is 23.5 Å². The van der Waals surface area contributed by atoms with Gasteiger partial charge in [0.05, 0.1) is 6.61 Å². The van der Waals surface area contributed by atoms with Crippen LogP contribution >= 0.6 is 0 Å². The second-order valence-corrected chi connectivity index (χ2v) is 7.66. The summed E-state index contributed by atoms with van der Waals surface area (Å²) in [5.41, 5.74) is 3.49. The summed E-state index contributed by atoms with van der Waals surface area (Å²) in [5.74, 6) is -1.54. The molecule has 33 heavy (non-hydrogen) atoms. The zero-order valence-corrected chi connectivity index (χ0v) is 18.4. The van der Waals surface area contributed by atoms with Gasteiger partial charge in [-0.1, -0.05) is 60.2 Å². The molecule has 0 radical (unpaired) electrons. The monoisotopic (exact) mass is 448 g/mol. The van der Waals surface area contributed by atoms with Crippen molar-refractivity contribution in [3.8, 4) is 33.8 Å². The van der Waals surface area contributed by atoms with Crippen molar-refractivity contribution in [1.29, 1.82) is 0 Å². The lowest BCUT2D eigenvalue weighted by Crippen LogP contribution is -2.02. The molecule has 4 aromatic carbocycles. The summed E-state index contributed by atoms with van der Waals surface area (Å²) < 4.78 is 54.3. The number of halogens is 3. The summed E-state index contributed by atoms with van der Waals surface area (Å²) in [6, 6.07) is 22.1. The number of ether oxygens (including phenoxy) is 2. The van der Waals surface area contributed by atoms with E-state index in [-0.39, 0.29) is 23.5 Å². The average molecular weight is 448 g/mol. The summed E-state index contributed by atoms with van der Waals surface area (Å²) in [5, 5.41) is 0. The van der Waals surface area contributed by atoms with Gasteiger partial charge in [0.2, 0.25) is 0 Å². The molecule has 0 aliphatic heterocycles. The average Bonchev–Trinajstić information content (AvgIpc) is 2.82. The second-order valence-electron chi connectivity index (χ2n) is 7.66. The minimum absolute atomic E-state index is 0.117. The van der Waals surface area contributed by atoms with E-state index in [9.17, 15) is 13.2 Å². The number of aryl methyl sites for hydroxylation is 1.